The van der Waals surface area contributed by atoms with Crippen LogP contribution in [0.3, 0.4) is 0 Å². The smallest absolute Gasteiger partial charge is 0.165 e. The molecule has 0 fully saturated rings. The van der Waals surface area contributed by atoms with E-state index in [0.717, 1.165) is 22.9 Å². The van der Waals surface area contributed by atoms with Crippen molar-refractivity contribution in [1.82, 2.24) is 4.98 Å². The second-order valence-electron chi connectivity index (χ2n) is 6.06. The van der Waals surface area contributed by atoms with Crippen molar-refractivity contribution in [3.05, 3.63) is 35.5 Å². The Morgan fingerprint density at radius 2 is 2.00 bits per heavy atom. The van der Waals surface area contributed by atoms with E-state index in [1.807, 2.05) is 18.3 Å². The topological polar surface area (TPSA) is 32.9 Å². The van der Waals surface area contributed by atoms with E-state index in [1.54, 1.807) is 0 Å². The maximum absolute atomic E-state index is 12.3. The molecule has 0 amide bonds. The van der Waals surface area contributed by atoms with Crippen LogP contribution in [0.5, 0.6) is 0 Å². The van der Waals surface area contributed by atoms with Gasteiger partial charge in [-0.25, -0.2) is 0 Å². The Balaban J connectivity index is 2.44. The van der Waals surface area contributed by atoms with E-state index in [2.05, 4.69) is 38.7 Å². The van der Waals surface area contributed by atoms with Crippen LogP contribution in [0.15, 0.2) is 24.4 Å². The van der Waals surface area contributed by atoms with E-state index in [-0.39, 0.29) is 11.2 Å². The number of ketones is 1. The lowest BCUT2D eigenvalue weighted by Gasteiger charge is -2.16. The number of Topliss-reactive ketones (excluding diaryl/α,β-unsaturated/α-hetero) is 1. The molecule has 96 valence electrons. The van der Waals surface area contributed by atoms with Gasteiger partial charge in [0.15, 0.2) is 5.78 Å². The first-order valence-corrected chi connectivity index (χ1v) is 6.54. The number of para-hydroxylation sites is 1. The predicted octanol–water partition coefficient (Wildman–Crippen LogP) is 4.35. The summed E-state index contributed by atoms with van der Waals surface area (Å²) in [5.41, 5.74) is 3.23. The van der Waals surface area contributed by atoms with Crippen molar-refractivity contribution < 1.29 is 4.79 Å². The number of hydrogen-bond acceptors (Lipinski definition) is 1. The molecule has 0 saturated heterocycles. The molecule has 0 aliphatic rings. The number of H-pyrrole nitrogens is 1. The fraction of sp³-hybridized carbons (Fsp3) is 0.438. The minimum Gasteiger partial charge on any atom is -0.360 e. The molecule has 1 aromatic heterocycles. The predicted molar refractivity (Wildman–Crippen MR) is 76.1 cm³/mol. The molecule has 0 radical (unpaired) electrons. The number of carbonyl (C=O) groups excluding carboxylic acids is 1. The van der Waals surface area contributed by atoms with Crippen LogP contribution in [-0.4, -0.2) is 10.8 Å². The van der Waals surface area contributed by atoms with Gasteiger partial charge in [-0.15, -0.1) is 0 Å². The van der Waals surface area contributed by atoms with Gasteiger partial charge in [0.2, 0.25) is 0 Å². The first-order valence-electron chi connectivity index (χ1n) is 6.54. The van der Waals surface area contributed by atoms with Crippen LogP contribution in [0, 0.1) is 5.41 Å². The fourth-order valence-corrected chi connectivity index (χ4v) is 2.32. The van der Waals surface area contributed by atoms with Crippen molar-refractivity contribution in [2.24, 2.45) is 5.41 Å². The summed E-state index contributed by atoms with van der Waals surface area (Å²) in [7, 11) is 0. The highest BCUT2D eigenvalue weighted by molar-refractivity contribution is 6.08. The molecule has 0 saturated carbocycles. The summed E-state index contributed by atoms with van der Waals surface area (Å²) in [5, 5.41) is 1.06. The lowest BCUT2D eigenvalue weighted by atomic mass is 9.87. The van der Waals surface area contributed by atoms with Crippen LogP contribution in [0.25, 0.3) is 10.9 Å². The molecular formula is C16H21NO. The molecule has 0 unspecified atom stereocenters. The zero-order valence-corrected chi connectivity index (χ0v) is 11.6. The third kappa shape index (κ3) is 2.47. The maximum atomic E-state index is 12.3. The van der Waals surface area contributed by atoms with Crippen molar-refractivity contribution in [3.8, 4) is 0 Å². The van der Waals surface area contributed by atoms with Gasteiger partial charge in [-0.2, -0.15) is 0 Å². The van der Waals surface area contributed by atoms with Crippen molar-refractivity contribution >= 4 is 16.7 Å². The van der Waals surface area contributed by atoms with E-state index in [0.29, 0.717) is 6.42 Å². The Kier molecular flexibility index (Phi) is 3.29. The Hall–Kier alpha value is -1.57. The highest BCUT2D eigenvalue weighted by Crippen LogP contribution is 2.27. The maximum Gasteiger partial charge on any atom is 0.165 e. The number of aromatic nitrogens is 1. The third-order valence-corrected chi connectivity index (χ3v) is 3.17. The first kappa shape index (κ1) is 12.9. The third-order valence-electron chi connectivity index (χ3n) is 3.17. The summed E-state index contributed by atoms with van der Waals surface area (Å²) in [6.07, 6.45) is 3.42. The standard InChI is InChI=1S/C16H21NO/c1-5-11-7-6-8-12-13(10-17-15(11)12)14(18)9-16(2,3)4/h6-8,10,17H,5,9H2,1-4H3. The number of aromatic amines is 1. The van der Waals surface area contributed by atoms with Crippen LogP contribution in [0.1, 0.15) is 50.0 Å². The Labute approximate surface area is 108 Å². The number of aryl methyl sites for hydroxylation is 1. The summed E-state index contributed by atoms with van der Waals surface area (Å²) in [6, 6.07) is 6.17. The molecule has 2 rings (SSSR count). The lowest BCUT2D eigenvalue weighted by Crippen LogP contribution is -2.12. The van der Waals surface area contributed by atoms with E-state index >= 15 is 0 Å². The molecule has 2 heteroatoms. The number of carbonyl (C=O) groups is 1. The Bertz CT molecular complexity index is 572. The second-order valence-corrected chi connectivity index (χ2v) is 6.06. The van der Waals surface area contributed by atoms with Gasteiger partial charge in [0.25, 0.3) is 0 Å². The minimum atomic E-state index is 0.0308. The lowest BCUT2D eigenvalue weighted by molar-refractivity contribution is 0.0941. The molecule has 0 atom stereocenters. The Morgan fingerprint density at radius 3 is 2.61 bits per heavy atom. The van der Waals surface area contributed by atoms with Gasteiger partial charge in [-0.3, -0.25) is 4.79 Å². The number of hydrogen-bond donors (Lipinski definition) is 1. The van der Waals surface area contributed by atoms with Gasteiger partial charge < -0.3 is 4.98 Å². The molecule has 0 bridgehead atoms. The number of rotatable bonds is 3. The summed E-state index contributed by atoms with van der Waals surface area (Å²) in [4.78, 5) is 15.6. The highest BCUT2D eigenvalue weighted by Gasteiger charge is 2.20. The molecule has 0 spiro atoms. The highest BCUT2D eigenvalue weighted by atomic mass is 16.1. The van der Waals surface area contributed by atoms with Gasteiger partial charge in [-0.05, 0) is 17.4 Å². The fourth-order valence-electron chi connectivity index (χ4n) is 2.32. The summed E-state index contributed by atoms with van der Waals surface area (Å²) in [6.45, 7) is 8.41. The molecule has 2 aromatic rings. The van der Waals surface area contributed by atoms with Gasteiger partial charge in [0, 0.05) is 29.1 Å². The average Bonchev–Trinajstić information content (AvgIpc) is 2.69. The van der Waals surface area contributed by atoms with Crippen molar-refractivity contribution in [3.63, 3.8) is 0 Å². The van der Waals surface area contributed by atoms with Crippen LogP contribution in [-0.2, 0) is 6.42 Å². The van der Waals surface area contributed by atoms with Gasteiger partial charge in [0.1, 0.15) is 0 Å². The molecule has 0 aliphatic carbocycles. The van der Waals surface area contributed by atoms with Gasteiger partial charge in [-0.1, -0.05) is 45.9 Å². The molecule has 1 aromatic carbocycles. The van der Waals surface area contributed by atoms with Crippen molar-refractivity contribution in [2.75, 3.05) is 0 Å². The number of nitrogens with one attached hydrogen (secondary N) is 1. The molecule has 0 aliphatic heterocycles. The largest absolute Gasteiger partial charge is 0.360 e. The average molecular weight is 243 g/mol. The van der Waals surface area contributed by atoms with Gasteiger partial charge in [0.05, 0.1) is 0 Å². The van der Waals surface area contributed by atoms with Gasteiger partial charge >= 0.3 is 0 Å². The molecular weight excluding hydrogens is 222 g/mol. The first-order chi connectivity index (χ1) is 8.42. The zero-order valence-electron chi connectivity index (χ0n) is 11.6. The molecule has 2 nitrogen and oxygen atoms in total. The Morgan fingerprint density at radius 1 is 1.28 bits per heavy atom. The SMILES string of the molecule is CCc1cccc2c(C(=O)CC(C)(C)C)c[nH]c12. The van der Waals surface area contributed by atoms with E-state index < -0.39 is 0 Å². The van der Waals surface area contributed by atoms with Crippen LogP contribution in [0.2, 0.25) is 0 Å². The van der Waals surface area contributed by atoms with Crippen molar-refractivity contribution in [1.29, 1.82) is 0 Å². The molecule has 1 N–H and O–H groups in total. The van der Waals surface area contributed by atoms with Crippen molar-refractivity contribution in [2.45, 2.75) is 40.5 Å². The van der Waals surface area contributed by atoms with E-state index in [1.165, 1.54) is 5.56 Å². The second kappa shape index (κ2) is 4.60. The van der Waals surface area contributed by atoms with Crippen LogP contribution >= 0.6 is 0 Å². The quantitative estimate of drug-likeness (QED) is 0.799. The number of fused-ring (bicyclic) bond motifs is 1. The monoisotopic (exact) mass is 243 g/mol. The summed E-state index contributed by atoms with van der Waals surface area (Å²) < 4.78 is 0. The van der Waals surface area contributed by atoms with E-state index in [4.69, 9.17) is 0 Å². The van der Waals surface area contributed by atoms with Crippen LogP contribution < -0.4 is 0 Å². The minimum absolute atomic E-state index is 0.0308. The van der Waals surface area contributed by atoms with Crippen LogP contribution in [0.4, 0.5) is 0 Å². The summed E-state index contributed by atoms with van der Waals surface area (Å²) >= 11 is 0. The molecule has 1 heterocycles. The number of benzene rings is 1. The zero-order chi connectivity index (χ0) is 13.3. The van der Waals surface area contributed by atoms with E-state index in [9.17, 15) is 4.79 Å². The summed E-state index contributed by atoms with van der Waals surface area (Å²) in [5.74, 6) is 0.224. The molecule has 18 heavy (non-hydrogen) atoms. The normalized spacial score (nSPS) is 12.0.